The Kier molecular flexibility index (Phi) is 3.71. The third-order valence-corrected chi connectivity index (χ3v) is 2.23. The van der Waals surface area contributed by atoms with E-state index >= 15 is 0 Å². The molecule has 0 saturated heterocycles. The molecule has 0 atom stereocenters. The quantitative estimate of drug-likeness (QED) is 0.448. The van der Waals surface area contributed by atoms with Crippen LogP contribution in [0.2, 0.25) is 0 Å². The van der Waals surface area contributed by atoms with Gasteiger partial charge in [-0.25, -0.2) is 0 Å². The molecular formula is C11H16N3O2-. The van der Waals surface area contributed by atoms with Gasteiger partial charge in [-0.3, -0.25) is 0 Å². The molecular weight excluding hydrogens is 206 g/mol. The van der Waals surface area contributed by atoms with E-state index in [0.717, 1.165) is 5.56 Å². The molecule has 5 heteroatoms. The predicted octanol–water partition coefficient (Wildman–Crippen LogP) is 2.66. The van der Waals surface area contributed by atoms with Crippen molar-refractivity contribution in [2.24, 2.45) is 5.28 Å². The van der Waals surface area contributed by atoms with E-state index in [1.165, 1.54) is 5.01 Å². The summed E-state index contributed by atoms with van der Waals surface area (Å²) in [6.45, 7) is 5.92. The van der Waals surface area contributed by atoms with E-state index in [4.69, 9.17) is 0 Å². The summed E-state index contributed by atoms with van der Waals surface area (Å²) >= 11 is 0. The van der Waals surface area contributed by atoms with Crippen LogP contribution in [0.1, 0.15) is 26.3 Å². The van der Waals surface area contributed by atoms with Crippen LogP contribution in [-0.2, 0) is 6.54 Å². The molecule has 0 unspecified atom stereocenters. The lowest BCUT2D eigenvalue weighted by Crippen LogP contribution is -2.44. The molecule has 1 rings (SSSR count). The van der Waals surface area contributed by atoms with E-state index in [0.29, 0.717) is 6.54 Å². The second kappa shape index (κ2) is 4.83. The summed E-state index contributed by atoms with van der Waals surface area (Å²) in [5, 5.41) is 25.4. The van der Waals surface area contributed by atoms with Gasteiger partial charge in [-0.15, -0.1) is 5.01 Å². The largest absolute Gasteiger partial charge is 0.737 e. The molecule has 0 fully saturated rings. The molecule has 5 nitrogen and oxygen atoms in total. The monoisotopic (exact) mass is 222 g/mol. The second-order valence-corrected chi connectivity index (χ2v) is 4.55. The Morgan fingerprint density at radius 1 is 1.25 bits per heavy atom. The molecule has 0 aliphatic heterocycles. The van der Waals surface area contributed by atoms with Crippen LogP contribution in [0.15, 0.2) is 35.6 Å². The molecule has 0 N–H and O–H groups in total. The molecule has 0 heterocycles. The lowest BCUT2D eigenvalue weighted by molar-refractivity contribution is -0.709. The number of rotatable bonds is 3. The average molecular weight is 222 g/mol. The molecule has 0 saturated carbocycles. The summed E-state index contributed by atoms with van der Waals surface area (Å²) in [4.78, 5) is 0.104. The van der Waals surface area contributed by atoms with Crippen molar-refractivity contribution >= 4 is 0 Å². The predicted molar refractivity (Wildman–Crippen MR) is 61.2 cm³/mol. The number of nitrogens with zero attached hydrogens (tertiary/aromatic N) is 3. The molecule has 0 spiro atoms. The molecule has 0 aliphatic rings. The van der Waals surface area contributed by atoms with Crippen molar-refractivity contribution in [3.8, 4) is 0 Å². The van der Waals surface area contributed by atoms with Gasteiger partial charge in [0.1, 0.15) is 6.54 Å². The van der Waals surface area contributed by atoms with Gasteiger partial charge < -0.3 is 10.4 Å². The van der Waals surface area contributed by atoms with E-state index in [2.05, 4.69) is 5.28 Å². The Hall–Kier alpha value is -1.78. The zero-order valence-electron chi connectivity index (χ0n) is 9.75. The molecule has 0 bridgehead atoms. The Bertz CT molecular complexity index is 357. The fourth-order valence-corrected chi connectivity index (χ4v) is 1.35. The molecule has 0 amide bonds. The normalized spacial score (nSPS) is 12.6. The summed E-state index contributed by atoms with van der Waals surface area (Å²) < 4.78 is 0. The molecule has 16 heavy (non-hydrogen) atoms. The van der Waals surface area contributed by atoms with Crippen molar-refractivity contribution in [2.45, 2.75) is 32.9 Å². The fraction of sp³-hybridized carbons (Fsp3) is 0.455. The minimum Gasteiger partial charge on any atom is -0.737 e. The highest BCUT2D eigenvalue weighted by molar-refractivity contribution is 5.14. The van der Waals surface area contributed by atoms with Crippen LogP contribution in [0, 0.1) is 10.4 Å². The molecule has 0 aromatic heterocycles. The lowest BCUT2D eigenvalue weighted by atomic mass is 10.1. The summed E-state index contributed by atoms with van der Waals surface area (Å²) in [6, 6.07) is 9.48. The maximum atomic E-state index is 11.3. The first-order valence-electron chi connectivity index (χ1n) is 5.07. The summed E-state index contributed by atoms with van der Waals surface area (Å²) in [6.07, 6.45) is 0. The number of benzene rings is 1. The maximum absolute atomic E-state index is 11.3. The Morgan fingerprint density at radius 3 is 2.25 bits per heavy atom. The highest BCUT2D eigenvalue weighted by Crippen LogP contribution is 2.17. The molecule has 0 radical (unpaired) electrons. The zero-order chi connectivity index (χ0) is 12.2. The van der Waals surface area contributed by atoms with Crippen LogP contribution < -0.4 is 0 Å². The van der Waals surface area contributed by atoms with Crippen molar-refractivity contribution in [3.05, 3.63) is 46.3 Å². The summed E-state index contributed by atoms with van der Waals surface area (Å²) in [5.74, 6) is 0. The van der Waals surface area contributed by atoms with Gasteiger partial charge in [0.05, 0.1) is 5.54 Å². The van der Waals surface area contributed by atoms with Gasteiger partial charge in [0, 0.05) is 4.97 Å². The van der Waals surface area contributed by atoms with Crippen LogP contribution in [0.4, 0.5) is 0 Å². The number of hydrogen-bond acceptors (Lipinski definition) is 3. The third kappa shape index (κ3) is 3.12. The van der Waals surface area contributed by atoms with Crippen LogP contribution in [0.25, 0.3) is 0 Å². The third-order valence-electron chi connectivity index (χ3n) is 2.23. The molecule has 0 aliphatic carbocycles. The first-order chi connectivity index (χ1) is 7.45. The topological polar surface area (TPSA) is 64.7 Å². The highest BCUT2D eigenvalue weighted by Gasteiger charge is 2.27. The van der Waals surface area contributed by atoms with Gasteiger partial charge in [0.15, 0.2) is 0 Å². The van der Waals surface area contributed by atoms with Gasteiger partial charge in [-0.05, 0) is 31.6 Å². The van der Waals surface area contributed by atoms with Crippen molar-refractivity contribution < 1.29 is 4.97 Å². The zero-order valence-corrected chi connectivity index (χ0v) is 9.75. The molecule has 1 aromatic rings. The summed E-state index contributed by atoms with van der Waals surface area (Å²) in [5.41, 5.74) is 0.507. The van der Waals surface area contributed by atoms with E-state index < -0.39 is 5.54 Å². The first-order valence-corrected chi connectivity index (χ1v) is 5.07. The highest BCUT2D eigenvalue weighted by atomic mass is 16.6. The standard InChI is InChI=1S/C11H17N3O2/c1-11(2,3)13(14(16)12-15)9-10-7-5-4-6-8-10/h4-8,15H,9H2,1-3H3/p-1/b14-12+. The van der Waals surface area contributed by atoms with E-state index in [1.807, 2.05) is 51.1 Å². The van der Waals surface area contributed by atoms with Crippen molar-refractivity contribution in [1.29, 1.82) is 0 Å². The van der Waals surface area contributed by atoms with Crippen LogP contribution in [0.3, 0.4) is 0 Å². The van der Waals surface area contributed by atoms with Crippen LogP contribution in [0.5, 0.6) is 0 Å². The first kappa shape index (κ1) is 12.3. The molecule has 1 aromatic carbocycles. The van der Waals surface area contributed by atoms with E-state index in [-0.39, 0.29) is 4.97 Å². The average Bonchev–Trinajstić information content (AvgIpc) is 2.25. The van der Waals surface area contributed by atoms with Crippen LogP contribution >= 0.6 is 0 Å². The van der Waals surface area contributed by atoms with Crippen molar-refractivity contribution in [1.82, 2.24) is 5.01 Å². The van der Waals surface area contributed by atoms with Gasteiger partial charge >= 0.3 is 0 Å². The van der Waals surface area contributed by atoms with Gasteiger partial charge in [0.25, 0.3) is 0 Å². The number of hydrogen-bond donors (Lipinski definition) is 0. The molecule has 88 valence electrons. The Labute approximate surface area is 95.1 Å². The van der Waals surface area contributed by atoms with Crippen molar-refractivity contribution in [2.75, 3.05) is 0 Å². The van der Waals surface area contributed by atoms with Gasteiger partial charge in [0.2, 0.25) is 0 Å². The minimum absolute atomic E-state index is 0.104. The smallest absolute Gasteiger partial charge is 0.102 e. The van der Waals surface area contributed by atoms with Crippen molar-refractivity contribution in [3.63, 3.8) is 0 Å². The SMILES string of the molecule is CC(C)(C)N(Cc1ccccc1)/[N+]([O-])=N\[O-]. The second-order valence-electron chi connectivity index (χ2n) is 4.55. The Morgan fingerprint density at radius 2 is 1.81 bits per heavy atom. The number of hydrazine groups is 1. The Balaban J connectivity index is 2.89. The van der Waals surface area contributed by atoms with E-state index in [1.54, 1.807) is 0 Å². The summed E-state index contributed by atoms with van der Waals surface area (Å²) in [7, 11) is 0. The lowest BCUT2D eigenvalue weighted by Gasteiger charge is -2.31. The van der Waals surface area contributed by atoms with E-state index in [9.17, 15) is 10.4 Å². The van der Waals surface area contributed by atoms with Crippen LogP contribution in [-0.4, -0.2) is 15.5 Å². The maximum Gasteiger partial charge on any atom is 0.102 e. The fourth-order valence-electron chi connectivity index (χ4n) is 1.35. The van der Waals surface area contributed by atoms with Gasteiger partial charge in [-0.2, -0.15) is 0 Å². The minimum atomic E-state index is -0.453. The van der Waals surface area contributed by atoms with Gasteiger partial charge in [-0.1, -0.05) is 30.3 Å².